The molecule has 1 atom stereocenters. The number of aryl methyl sites for hydroxylation is 1. The third-order valence-corrected chi connectivity index (χ3v) is 4.39. The summed E-state index contributed by atoms with van der Waals surface area (Å²) in [6.07, 6.45) is 3.95. The van der Waals surface area contributed by atoms with E-state index in [4.69, 9.17) is 5.73 Å². The molecule has 1 aromatic heterocycles. The molecule has 5 heteroatoms. The molecule has 2 saturated heterocycles. The summed E-state index contributed by atoms with van der Waals surface area (Å²) >= 11 is 0. The lowest BCUT2D eigenvalue weighted by atomic mass is 10.2. The molecule has 0 bridgehead atoms. The number of hydrogen-bond donors (Lipinski definition) is 1. The van der Waals surface area contributed by atoms with Crippen LogP contribution in [0.1, 0.15) is 30.7 Å². The van der Waals surface area contributed by atoms with Gasteiger partial charge in [0.15, 0.2) is 0 Å². The smallest absolute Gasteiger partial charge is 0.137 e. The van der Waals surface area contributed by atoms with Crippen molar-refractivity contribution in [3.8, 4) is 0 Å². The fraction of sp³-hybridized carbons (Fsp3) is 0.714. The molecule has 2 fully saturated rings. The van der Waals surface area contributed by atoms with E-state index in [0.29, 0.717) is 11.9 Å². The van der Waals surface area contributed by atoms with Gasteiger partial charge in [-0.25, -0.2) is 9.97 Å². The zero-order chi connectivity index (χ0) is 13.4. The van der Waals surface area contributed by atoms with Gasteiger partial charge in [0.1, 0.15) is 17.5 Å². The average molecular weight is 261 g/mol. The molecule has 0 spiro atoms. The Morgan fingerprint density at radius 1 is 1.11 bits per heavy atom. The molecule has 0 saturated carbocycles. The number of rotatable bonds is 2. The number of nitrogens with zero attached hydrogens (tertiary/aromatic N) is 4. The van der Waals surface area contributed by atoms with Gasteiger partial charge in [-0.05, 0) is 46.2 Å². The third kappa shape index (κ3) is 2.39. The largest absolute Gasteiger partial charge is 0.383 e. The SMILES string of the molecule is Cc1nc(N)c(C)c(N2CCC(N3CCCC3)C2)n1. The minimum absolute atomic E-state index is 0.618. The van der Waals surface area contributed by atoms with Gasteiger partial charge >= 0.3 is 0 Å². The lowest BCUT2D eigenvalue weighted by molar-refractivity contribution is 0.260. The quantitative estimate of drug-likeness (QED) is 0.871. The van der Waals surface area contributed by atoms with Crippen LogP contribution in [0.15, 0.2) is 0 Å². The molecule has 3 rings (SSSR count). The van der Waals surface area contributed by atoms with E-state index in [1.54, 1.807) is 0 Å². The van der Waals surface area contributed by atoms with Gasteiger partial charge in [0, 0.05) is 24.7 Å². The van der Waals surface area contributed by atoms with Crippen molar-refractivity contribution in [2.45, 2.75) is 39.2 Å². The zero-order valence-electron chi connectivity index (χ0n) is 11.9. The molecule has 0 amide bonds. The first-order valence-corrected chi connectivity index (χ1v) is 7.25. The molecule has 5 nitrogen and oxygen atoms in total. The Bertz CT molecular complexity index is 467. The van der Waals surface area contributed by atoms with Gasteiger partial charge in [0.25, 0.3) is 0 Å². The number of nitrogens with two attached hydrogens (primary N) is 1. The number of likely N-dealkylation sites (tertiary alicyclic amines) is 1. The minimum Gasteiger partial charge on any atom is -0.383 e. The summed E-state index contributed by atoms with van der Waals surface area (Å²) in [7, 11) is 0. The molecule has 19 heavy (non-hydrogen) atoms. The van der Waals surface area contributed by atoms with E-state index in [9.17, 15) is 0 Å². The van der Waals surface area contributed by atoms with Crippen molar-refractivity contribution in [3.63, 3.8) is 0 Å². The van der Waals surface area contributed by atoms with Crippen LogP contribution in [0.2, 0.25) is 0 Å². The van der Waals surface area contributed by atoms with E-state index in [1.165, 1.54) is 32.4 Å². The highest BCUT2D eigenvalue weighted by atomic mass is 15.3. The standard InChI is InChI=1S/C14H23N5/c1-10-13(15)16-11(2)17-14(10)19-8-5-12(9-19)18-6-3-4-7-18/h12H,3-9H2,1-2H3,(H2,15,16,17). The summed E-state index contributed by atoms with van der Waals surface area (Å²) in [4.78, 5) is 13.8. The molecule has 2 aliphatic rings. The van der Waals surface area contributed by atoms with Crippen LogP contribution in [0, 0.1) is 13.8 Å². The first kappa shape index (κ1) is 12.7. The Morgan fingerprint density at radius 3 is 2.58 bits per heavy atom. The zero-order valence-corrected chi connectivity index (χ0v) is 11.9. The fourth-order valence-corrected chi connectivity index (χ4v) is 3.28. The number of anilines is 2. The van der Waals surface area contributed by atoms with Crippen molar-refractivity contribution in [2.24, 2.45) is 0 Å². The van der Waals surface area contributed by atoms with Crippen molar-refractivity contribution >= 4 is 11.6 Å². The fourth-order valence-electron chi connectivity index (χ4n) is 3.28. The minimum atomic E-state index is 0.618. The first-order chi connectivity index (χ1) is 9.15. The second-order valence-corrected chi connectivity index (χ2v) is 5.74. The second kappa shape index (κ2) is 4.96. The highest BCUT2D eigenvalue weighted by Gasteiger charge is 2.30. The molecule has 104 valence electrons. The second-order valence-electron chi connectivity index (χ2n) is 5.74. The van der Waals surface area contributed by atoms with Crippen molar-refractivity contribution in [3.05, 3.63) is 11.4 Å². The molecule has 1 aromatic rings. The van der Waals surface area contributed by atoms with E-state index in [2.05, 4.69) is 19.8 Å². The third-order valence-electron chi connectivity index (χ3n) is 4.39. The van der Waals surface area contributed by atoms with Crippen LogP contribution in [-0.2, 0) is 0 Å². The van der Waals surface area contributed by atoms with E-state index in [-0.39, 0.29) is 0 Å². The molecule has 0 radical (unpaired) electrons. The number of nitrogen functional groups attached to an aromatic ring is 1. The van der Waals surface area contributed by atoms with Crippen molar-refractivity contribution in [1.82, 2.24) is 14.9 Å². The van der Waals surface area contributed by atoms with Gasteiger partial charge in [-0.2, -0.15) is 0 Å². The van der Waals surface area contributed by atoms with Crippen molar-refractivity contribution < 1.29 is 0 Å². The highest BCUT2D eigenvalue weighted by molar-refractivity contribution is 5.57. The molecule has 0 aromatic carbocycles. The van der Waals surface area contributed by atoms with Gasteiger partial charge in [0.05, 0.1) is 0 Å². The van der Waals surface area contributed by atoms with Gasteiger partial charge < -0.3 is 10.6 Å². The maximum absolute atomic E-state index is 5.96. The van der Waals surface area contributed by atoms with Gasteiger partial charge in [-0.3, -0.25) is 4.90 Å². The van der Waals surface area contributed by atoms with E-state index >= 15 is 0 Å². The maximum atomic E-state index is 5.96. The number of aromatic nitrogens is 2. The Hall–Kier alpha value is -1.36. The van der Waals surface area contributed by atoms with Crippen molar-refractivity contribution in [2.75, 3.05) is 36.8 Å². The lowest BCUT2D eigenvalue weighted by Gasteiger charge is -2.25. The molecular weight excluding hydrogens is 238 g/mol. The van der Waals surface area contributed by atoms with Gasteiger partial charge in [-0.1, -0.05) is 0 Å². The molecule has 2 N–H and O–H groups in total. The van der Waals surface area contributed by atoms with E-state index < -0.39 is 0 Å². The van der Waals surface area contributed by atoms with Crippen LogP contribution in [0.3, 0.4) is 0 Å². The predicted molar refractivity (Wildman–Crippen MR) is 77.3 cm³/mol. The van der Waals surface area contributed by atoms with Crippen molar-refractivity contribution in [1.29, 1.82) is 0 Å². The monoisotopic (exact) mass is 261 g/mol. The summed E-state index contributed by atoms with van der Waals surface area (Å²) in [6, 6.07) is 0.693. The van der Waals surface area contributed by atoms with Crippen LogP contribution in [-0.4, -0.2) is 47.1 Å². The summed E-state index contributed by atoms with van der Waals surface area (Å²) in [5.41, 5.74) is 6.98. The van der Waals surface area contributed by atoms with Crippen LogP contribution < -0.4 is 10.6 Å². The average Bonchev–Trinajstić information content (AvgIpc) is 3.03. The molecular formula is C14H23N5. The van der Waals surface area contributed by atoms with Crippen LogP contribution in [0.5, 0.6) is 0 Å². The summed E-state index contributed by atoms with van der Waals surface area (Å²) in [5.74, 6) is 2.42. The molecule has 2 aliphatic heterocycles. The predicted octanol–water partition coefficient (Wildman–Crippen LogP) is 1.35. The number of hydrogen-bond acceptors (Lipinski definition) is 5. The Kier molecular flexibility index (Phi) is 3.31. The topological polar surface area (TPSA) is 58.3 Å². The van der Waals surface area contributed by atoms with Gasteiger partial charge in [0.2, 0.25) is 0 Å². The summed E-state index contributed by atoms with van der Waals surface area (Å²) < 4.78 is 0. The maximum Gasteiger partial charge on any atom is 0.137 e. The Balaban J connectivity index is 1.77. The normalized spacial score (nSPS) is 24.3. The first-order valence-electron chi connectivity index (χ1n) is 7.25. The summed E-state index contributed by atoms with van der Waals surface area (Å²) in [5, 5.41) is 0. The highest BCUT2D eigenvalue weighted by Crippen LogP contribution is 2.27. The Labute approximate surface area is 114 Å². The summed E-state index contributed by atoms with van der Waals surface area (Å²) in [6.45, 7) is 8.63. The Morgan fingerprint density at radius 2 is 1.84 bits per heavy atom. The van der Waals surface area contributed by atoms with Crippen LogP contribution in [0.4, 0.5) is 11.6 Å². The molecule has 1 unspecified atom stereocenters. The molecule has 3 heterocycles. The molecule has 0 aliphatic carbocycles. The van der Waals surface area contributed by atoms with E-state index in [0.717, 1.165) is 30.3 Å². The van der Waals surface area contributed by atoms with Crippen LogP contribution >= 0.6 is 0 Å². The lowest BCUT2D eigenvalue weighted by Crippen LogP contribution is -2.35. The van der Waals surface area contributed by atoms with E-state index in [1.807, 2.05) is 13.8 Å². The van der Waals surface area contributed by atoms with Gasteiger partial charge in [-0.15, -0.1) is 0 Å². The van der Waals surface area contributed by atoms with Crippen LogP contribution in [0.25, 0.3) is 0 Å².